The predicted octanol–water partition coefficient (Wildman–Crippen LogP) is 21.1. The maximum absolute atomic E-state index is 12.9. The zero-order chi connectivity index (χ0) is 50.7. The van der Waals surface area contributed by atoms with Crippen LogP contribution in [0.4, 0.5) is 0 Å². The van der Waals surface area contributed by atoms with E-state index in [1.54, 1.807) is 0 Å². The number of ether oxygens (including phenoxy) is 3. The van der Waals surface area contributed by atoms with Crippen LogP contribution >= 0.6 is 0 Å². The summed E-state index contributed by atoms with van der Waals surface area (Å²) in [5, 5.41) is 0. The van der Waals surface area contributed by atoms with Crippen LogP contribution in [0, 0.1) is 0 Å². The van der Waals surface area contributed by atoms with Gasteiger partial charge in [0.15, 0.2) is 6.10 Å². The number of carbonyl (C=O) groups excluding carboxylic acids is 3. The van der Waals surface area contributed by atoms with Gasteiger partial charge in [0.25, 0.3) is 0 Å². The summed E-state index contributed by atoms with van der Waals surface area (Å²) < 4.78 is 16.9. The fourth-order valence-electron chi connectivity index (χ4n) is 9.48. The summed E-state index contributed by atoms with van der Waals surface area (Å²) in [6.07, 6.45) is 70.4. The normalized spacial score (nSPS) is 12.1. The molecule has 70 heavy (non-hydrogen) atoms. The minimum absolute atomic E-state index is 0.0669. The van der Waals surface area contributed by atoms with E-state index < -0.39 is 6.10 Å². The average molecular weight is 986 g/mol. The quantitative estimate of drug-likeness (QED) is 0.0261. The molecule has 1 atom stereocenters. The molecule has 0 saturated carbocycles. The minimum Gasteiger partial charge on any atom is -0.462 e. The molecule has 0 spiro atoms. The number of hydrogen-bond donors (Lipinski definition) is 0. The summed E-state index contributed by atoms with van der Waals surface area (Å²) >= 11 is 0. The van der Waals surface area contributed by atoms with Crippen molar-refractivity contribution in [1.29, 1.82) is 0 Å². The van der Waals surface area contributed by atoms with Crippen LogP contribution in [0.15, 0.2) is 24.3 Å². The topological polar surface area (TPSA) is 78.9 Å². The van der Waals surface area contributed by atoms with Crippen LogP contribution in [0.3, 0.4) is 0 Å². The molecule has 0 unspecified atom stereocenters. The molecular formula is C64H120O6. The van der Waals surface area contributed by atoms with E-state index in [4.69, 9.17) is 14.2 Å². The van der Waals surface area contributed by atoms with Crippen molar-refractivity contribution in [3.8, 4) is 0 Å². The Kier molecular flexibility index (Phi) is 57.7. The Hall–Kier alpha value is -2.11. The number of unbranched alkanes of at least 4 members (excludes halogenated alkanes) is 43. The van der Waals surface area contributed by atoms with E-state index in [0.29, 0.717) is 19.3 Å². The molecule has 0 aromatic heterocycles. The van der Waals surface area contributed by atoms with Crippen molar-refractivity contribution in [3.63, 3.8) is 0 Å². The molecule has 0 bridgehead atoms. The van der Waals surface area contributed by atoms with Gasteiger partial charge in [-0.15, -0.1) is 0 Å². The van der Waals surface area contributed by atoms with Crippen molar-refractivity contribution in [1.82, 2.24) is 0 Å². The zero-order valence-corrected chi connectivity index (χ0v) is 47.3. The Morgan fingerprint density at radius 1 is 0.286 bits per heavy atom. The summed E-state index contributed by atoms with van der Waals surface area (Å²) in [6.45, 7) is 6.67. The van der Waals surface area contributed by atoms with Gasteiger partial charge in [-0.1, -0.05) is 302 Å². The third-order valence-electron chi connectivity index (χ3n) is 14.2. The van der Waals surface area contributed by atoms with Crippen molar-refractivity contribution in [2.75, 3.05) is 13.2 Å². The molecule has 0 aliphatic rings. The Bertz CT molecular complexity index is 1130. The van der Waals surface area contributed by atoms with E-state index in [1.807, 2.05) is 0 Å². The van der Waals surface area contributed by atoms with Gasteiger partial charge in [-0.3, -0.25) is 14.4 Å². The Labute approximate surface area is 436 Å². The first-order valence-electron chi connectivity index (χ1n) is 31.3. The second-order valence-corrected chi connectivity index (χ2v) is 21.3. The summed E-state index contributed by atoms with van der Waals surface area (Å²) in [5.41, 5.74) is 0. The maximum atomic E-state index is 12.9. The number of rotatable bonds is 58. The van der Waals surface area contributed by atoms with Crippen molar-refractivity contribution >= 4 is 17.9 Å². The zero-order valence-electron chi connectivity index (χ0n) is 47.3. The Balaban J connectivity index is 4.26. The second-order valence-electron chi connectivity index (χ2n) is 21.3. The van der Waals surface area contributed by atoms with Gasteiger partial charge in [-0.2, -0.15) is 0 Å². The largest absolute Gasteiger partial charge is 0.462 e. The Morgan fingerprint density at radius 3 is 0.814 bits per heavy atom. The lowest BCUT2D eigenvalue weighted by atomic mass is 10.0. The smallest absolute Gasteiger partial charge is 0.306 e. The highest BCUT2D eigenvalue weighted by Crippen LogP contribution is 2.18. The molecule has 412 valence electrons. The summed E-state index contributed by atoms with van der Waals surface area (Å²) in [5.74, 6) is -0.846. The van der Waals surface area contributed by atoms with E-state index in [1.165, 1.54) is 244 Å². The molecule has 6 nitrogen and oxygen atoms in total. The summed E-state index contributed by atoms with van der Waals surface area (Å²) in [4.78, 5) is 38.2. The van der Waals surface area contributed by atoms with Gasteiger partial charge in [0.2, 0.25) is 0 Å². The molecular weight excluding hydrogens is 865 g/mol. The first-order valence-corrected chi connectivity index (χ1v) is 31.3. The third kappa shape index (κ3) is 56.8. The van der Waals surface area contributed by atoms with Gasteiger partial charge in [0.1, 0.15) is 13.2 Å². The van der Waals surface area contributed by atoms with E-state index in [9.17, 15) is 14.4 Å². The van der Waals surface area contributed by atoms with Crippen molar-refractivity contribution in [3.05, 3.63) is 24.3 Å². The van der Waals surface area contributed by atoms with Crippen molar-refractivity contribution < 1.29 is 28.6 Å². The van der Waals surface area contributed by atoms with Crippen LogP contribution in [0.5, 0.6) is 0 Å². The van der Waals surface area contributed by atoms with Crippen LogP contribution in [0.1, 0.15) is 348 Å². The highest BCUT2D eigenvalue weighted by molar-refractivity contribution is 5.71. The molecule has 0 amide bonds. The standard InChI is InChI=1S/C64H120O6/c1-4-7-10-13-16-19-22-25-27-29-31-32-34-35-37-39-42-45-48-51-54-57-63(66)69-60-61(59-68-62(65)56-53-50-47-44-41-24-21-18-15-12-9-6-3)70-64(67)58-55-52-49-46-43-40-38-36-33-30-28-26-23-20-17-14-11-8-5-2/h17,20,26,28,61H,4-16,18-19,21-25,27,29-60H2,1-3H3/b20-17-,28-26-/t61-/m0/s1. The van der Waals surface area contributed by atoms with Gasteiger partial charge in [0, 0.05) is 19.3 Å². The fourth-order valence-corrected chi connectivity index (χ4v) is 9.48. The molecule has 0 aromatic carbocycles. The molecule has 6 heteroatoms. The molecule has 0 radical (unpaired) electrons. The van der Waals surface area contributed by atoms with E-state index in [0.717, 1.165) is 64.2 Å². The van der Waals surface area contributed by atoms with Crippen LogP contribution < -0.4 is 0 Å². The summed E-state index contributed by atoms with van der Waals surface area (Å²) in [7, 11) is 0. The fraction of sp³-hybridized carbons (Fsp3) is 0.891. The van der Waals surface area contributed by atoms with Crippen LogP contribution in [-0.4, -0.2) is 37.2 Å². The number of hydrogen-bond acceptors (Lipinski definition) is 6. The molecule has 0 aliphatic carbocycles. The van der Waals surface area contributed by atoms with E-state index in [-0.39, 0.29) is 31.1 Å². The van der Waals surface area contributed by atoms with Crippen LogP contribution in [0.2, 0.25) is 0 Å². The highest BCUT2D eigenvalue weighted by atomic mass is 16.6. The SMILES string of the molecule is CCCCC/C=C\C/C=C\CCCCCCCCCCCC(=O)O[C@@H](COC(=O)CCCCCCCCCCCCCC)COC(=O)CCCCCCCCCCCCCCCCCCCCCCC. The van der Waals surface area contributed by atoms with Gasteiger partial charge in [-0.25, -0.2) is 0 Å². The molecule has 0 aromatic rings. The maximum Gasteiger partial charge on any atom is 0.306 e. The van der Waals surface area contributed by atoms with E-state index >= 15 is 0 Å². The lowest BCUT2D eigenvalue weighted by Crippen LogP contribution is -2.30. The molecule has 0 heterocycles. The van der Waals surface area contributed by atoms with Gasteiger partial charge >= 0.3 is 17.9 Å². The summed E-state index contributed by atoms with van der Waals surface area (Å²) in [6, 6.07) is 0. The van der Waals surface area contributed by atoms with Crippen LogP contribution in [0.25, 0.3) is 0 Å². The van der Waals surface area contributed by atoms with Crippen molar-refractivity contribution in [2.24, 2.45) is 0 Å². The van der Waals surface area contributed by atoms with Gasteiger partial charge in [0.05, 0.1) is 0 Å². The Morgan fingerprint density at radius 2 is 0.514 bits per heavy atom. The first kappa shape index (κ1) is 67.9. The molecule has 0 fully saturated rings. The van der Waals surface area contributed by atoms with Crippen LogP contribution in [-0.2, 0) is 28.6 Å². The van der Waals surface area contributed by atoms with Crippen molar-refractivity contribution in [2.45, 2.75) is 354 Å². The number of allylic oxidation sites excluding steroid dienone is 4. The molecule has 0 rings (SSSR count). The number of esters is 3. The van der Waals surface area contributed by atoms with E-state index in [2.05, 4.69) is 45.1 Å². The second kappa shape index (κ2) is 59.5. The predicted molar refractivity (Wildman–Crippen MR) is 303 cm³/mol. The molecule has 0 N–H and O–H groups in total. The van der Waals surface area contributed by atoms with Gasteiger partial charge in [-0.05, 0) is 51.4 Å². The average Bonchev–Trinajstić information content (AvgIpc) is 3.36. The number of carbonyl (C=O) groups is 3. The minimum atomic E-state index is -0.769. The van der Waals surface area contributed by atoms with Gasteiger partial charge < -0.3 is 14.2 Å². The molecule has 0 aliphatic heterocycles. The molecule has 0 saturated heterocycles. The first-order chi connectivity index (χ1) is 34.5. The lowest BCUT2D eigenvalue weighted by molar-refractivity contribution is -0.167. The lowest BCUT2D eigenvalue weighted by Gasteiger charge is -2.18. The highest BCUT2D eigenvalue weighted by Gasteiger charge is 2.19. The monoisotopic (exact) mass is 985 g/mol. The third-order valence-corrected chi connectivity index (χ3v) is 14.2.